The summed E-state index contributed by atoms with van der Waals surface area (Å²) in [5.41, 5.74) is 5.35. The van der Waals surface area contributed by atoms with Crippen LogP contribution in [0.25, 0.3) is 0 Å². The van der Waals surface area contributed by atoms with E-state index in [9.17, 15) is 19.4 Å². The Morgan fingerprint density at radius 3 is 2.59 bits per heavy atom. The molecule has 7 heteroatoms. The molecular formula is C15H23FN2O4. The van der Waals surface area contributed by atoms with Crippen molar-refractivity contribution in [3.05, 3.63) is 35.1 Å². The van der Waals surface area contributed by atoms with E-state index in [1.54, 1.807) is 20.8 Å². The van der Waals surface area contributed by atoms with Gasteiger partial charge >= 0.3 is 6.09 Å². The van der Waals surface area contributed by atoms with Crippen molar-refractivity contribution in [2.24, 2.45) is 5.73 Å². The highest BCUT2D eigenvalue weighted by atomic mass is 19.1. The van der Waals surface area contributed by atoms with E-state index in [0.29, 0.717) is 5.56 Å². The number of alkyl carbamates (subject to hydrolysis) is 1. The van der Waals surface area contributed by atoms with Gasteiger partial charge in [-0.05, 0) is 38.5 Å². The van der Waals surface area contributed by atoms with Crippen LogP contribution in [-0.4, -0.2) is 34.6 Å². The molecule has 0 aliphatic carbocycles. The van der Waals surface area contributed by atoms with Gasteiger partial charge in [0.25, 0.3) is 0 Å². The summed E-state index contributed by atoms with van der Waals surface area (Å²) >= 11 is 0. The number of amides is 1. The number of carbonyl (C=O) groups is 1. The summed E-state index contributed by atoms with van der Waals surface area (Å²) < 4.78 is 18.7. The maximum Gasteiger partial charge on any atom is 0.407 e. The number of hydrogen-bond donors (Lipinski definition) is 4. The molecule has 0 saturated carbocycles. The molecule has 2 atom stereocenters. The lowest BCUT2D eigenvalue weighted by Crippen LogP contribution is -2.39. The van der Waals surface area contributed by atoms with Gasteiger partial charge in [-0.3, -0.25) is 0 Å². The van der Waals surface area contributed by atoms with Crippen molar-refractivity contribution in [2.75, 3.05) is 6.54 Å². The number of aliphatic hydroxyl groups excluding tert-OH is 2. The monoisotopic (exact) mass is 314 g/mol. The molecule has 0 saturated heterocycles. The summed E-state index contributed by atoms with van der Waals surface area (Å²) in [5, 5.41) is 22.2. The second-order valence-electron chi connectivity index (χ2n) is 5.95. The summed E-state index contributed by atoms with van der Waals surface area (Å²) in [5.74, 6) is -0.652. The third kappa shape index (κ3) is 5.59. The zero-order valence-corrected chi connectivity index (χ0v) is 13.0. The average molecular weight is 314 g/mol. The van der Waals surface area contributed by atoms with E-state index in [2.05, 4.69) is 5.32 Å². The maximum atomic E-state index is 13.7. The molecule has 124 valence electrons. The van der Waals surface area contributed by atoms with Crippen molar-refractivity contribution in [2.45, 2.75) is 45.1 Å². The highest BCUT2D eigenvalue weighted by molar-refractivity contribution is 5.67. The first-order chi connectivity index (χ1) is 10.1. The standard InChI is InChI=1S/C15H23FN2O4/c1-15(2,3)22-14(21)18-8-12(19)13(20)10-6-9(7-17)4-5-11(10)16/h4-6,12-13,19-20H,7-8,17H2,1-3H3,(H,18,21). The number of rotatable bonds is 5. The quantitative estimate of drug-likeness (QED) is 0.654. The molecule has 0 aliphatic rings. The summed E-state index contributed by atoms with van der Waals surface area (Å²) in [6, 6.07) is 4.06. The SMILES string of the molecule is CC(C)(C)OC(=O)NCC(O)C(O)c1cc(CN)ccc1F. The number of carbonyl (C=O) groups excluding carboxylic acids is 1. The molecule has 0 aromatic heterocycles. The molecule has 1 aromatic rings. The molecule has 2 unspecified atom stereocenters. The molecule has 0 fully saturated rings. The Balaban J connectivity index is 2.65. The van der Waals surface area contributed by atoms with Gasteiger partial charge < -0.3 is 26.0 Å². The number of ether oxygens (including phenoxy) is 1. The molecule has 6 nitrogen and oxygen atoms in total. The fourth-order valence-corrected chi connectivity index (χ4v) is 1.77. The number of nitrogens with two attached hydrogens (primary N) is 1. The molecule has 1 rings (SSSR count). The van der Waals surface area contributed by atoms with Crippen LogP contribution in [-0.2, 0) is 11.3 Å². The molecule has 0 bridgehead atoms. The normalized spacial score (nSPS) is 14.3. The molecule has 0 spiro atoms. The molecule has 0 radical (unpaired) electrons. The number of halogens is 1. The number of nitrogens with one attached hydrogen (secondary N) is 1. The minimum atomic E-state index is -1.48. The van der Waals surface area contributed by atoms with Crippen molar-refractivity contribution in [1.82, 2.24) is 5.32 Å². The van der Waals surface area contributed by atoms with E-state index < -0.39 is 29.7 Å². The number of hydrogen-bond acceptors (Lipinski definition) is 5. The van der Waals surface area contributed by atoms with Gasteiger partial charge in [-0.25, -0.2) is 9.18 Å². The van der Waals surface area contributed by atoms with E-state index in [1.807, 2.05) is 0 Å². The van der Waals surface area contributed by atoms with E-state index in [1.165, 1.54) is 18.2 Å². The molecule has 0 heterocycles. The Morgan fingerprint density at radius 2 is 2.05 bits per heavy atom. The summed E-state index contributed by atoms with van der Waals surface area (Å²) in [4.78, 5) is 11.5. The Bertz CT molecular complexity index is 517. The molecule has 5 N–H and O–H groups in total. The van der Waals surface area contributed by atoms with Crippen LogP contribution in [0.3, 0.4) is 0 Å². The van der Waals surface area contributed by atoms with Gasteiger partial charge in [-0.1, -0.05) is 6.07 Å². The van der Waals surface area contributed by atoms with Crippen LogP contribution in [0.4, 0.5) is 9.18 Å². The third-order valence-electron chi connectivity index (χ3n) is 2.83. The number of aliphatic hydroxyl groups is 2. The van der Waals surface area contributed by atoms with Crippen molar-refractivity contribution in [1.29, 1.82) is 0 Å². The fraction of sp³-hybridized carbons (Fsp3) is 0.533. The van der Waals surface area contributed by atoms with Crippen molar-refractivity contribution < 1.29 is 24.1 Å². The first kappa shape index (κ1) is 18.3. The Labute approximate surface area is 129 Å². The smallest absolute Gasteiger partial charge is 0.407 e. The predicted molar refractivity (Wildman–Crippen MR) is 79.5 cm³/mol. The van der Waals surface area contributed by atoms with E-state index in [-0.39, 0.29) is 18.7 Å². The summed E-state index contributed by atoms with van der Waals surface area (Å²) in [7, 11) is 0. The van der Waals surface area contributed by atoms with Crippen LogP contribution in [0.15, 0.2) is 18.2 Å². The van der Waals surface area contributed by atoms with Gasteiger partial charge in [0.2, 0.25) is 0 Å². The van der Waals surface area contributed by atoms with E-state index in [4.69, 9.17) is 10.5 Å². The molecule has 0 aliphatic heterocycles. The van der Waals surface area contributed by atoms with Gasteiger partial charge in [-0.2, -0.15) is 0 Å². The largest absolute Gasteiger partial charge is 0.444 e. The fourth-order valence-electron chi connectivity index (χ4n) is 1.77. The Kier molecular flexibility index (Phi) is 6.28. The van der Waals surface area contributed by atoms with Gasteiger partial charge in [0.05, 0.1) is 0 Å². The lowest BCUT2D eigenvalue weighted by Gasteiger charge is -2.22. The van der Waals surface area contributed by atoms with Crippen molar-refractivity contribution in [3.8, 4) is 0 Å². The van der Waals surface area contributed by atoms with Crippen LogP contribution in [0.1, 0.15) is 38.0 Å². The minimum Gasteiger partial charge on any atom is -0.444 e. The highest BCUT2D eigenvalue weighted by Gasteiger charge is 2.23. The maximum absolute atomic E-state index is 13.7. The highest BCUT2D eigenvalue weighted by Crippen LogP contribution is 2.21. The van der Waals surface area contributed by atoms with Gasteiger partial charge in [0, 0.05) is 18.7 Å². The lowest BCUT2D eigenvalue weighted by atomic mass is 10.0. The Hall–Kier alpha value is -1.70. The second-order valence-corrected chi connectivity index (χ2v) is 5.95. The van der Waals surface area contributed by atoms with Crippen LogP contribution in [0, 0.1) is 5.82 Å². The third-order valence-corrected chi connectivity index (χ3v) is 2.83. The topological polar surface area (TPSA) is 105 Å². The van der Waals surface area contributed by atoms with Gasteiger partial charge in [-0.15, -0.1) is 0 Å². The number of benzene rings is 1. The lowest BCUT2D eigenvalue weighted by molar-refractivity contribution is 0.0113. The van der Waals surface area contributed by atoms with Crippen LogP contribution in [0.2, 0.25) is 0 Å². The summed E-state index contributed by atoms with van der Waals surface area (Å²) in [6.45, 7) is 5.01. The first-order valence-electron chi connectivity index (χ1n) is 6.95. The first-order valence-corrected chi connectivity index (χ1v) is 6.95. The van der Waals surface area contributed by atoms with Gasteiger partial charge in [0.15, 0.2) is 0 Å². The zero-order valence-electron chi connectivity index (χ0n) is 13.0. The van der Waals surface area contributed by atoms with E-state index in [0.717, 1.165) is 0 Å². The van der Waals surface area contributed by atoms with Crippen LogP contribution in [0.5, 0.6) is 0 Å². The van der Waals surface area contributed by atoms with Crippen LogP contribution >= 0.6 is 0 Å². The van der Waals surface area contributed by atoms with Crippen molar-refractivity contribution in [3.63, 3.8) is 0 Å². The van der Waals surface area contributed by atoms with Gasteiger partial charge in [0.1, 0.15) is 23.6 Å². The van der Waals surface area contributed by atoms with Crippen LogP contribution < -0.4 is 11.1 Å². The zero-order chi connectivity index (χ0) is 16.9. The average Bonchev–Trinajstić information content (AvgIpc) is 2.42. The minimum absolute atomic E-state index is 0.0681. The molecule has 22 heavy (non-hydrogen) atoms. The molecular weight excluding hydrogens is 291 g/mol. The predicted octanol–water partition coefficient (Wildman–Crippen LogP) is 1.20. The van der Waals surface area contributed by atoms with Crippen molar-refractivity contribution >= 4 is 6.09 Å². The molecule has 1 aromatic carbocycles. The second kappa shape index (κ2) is 7.53. The summed E-state index contributed by atoms with van der Waals surface area (Å²) in [6.07, 6.45) is -3.59. The Morgan fingerprint density at radius 1 is 1.41 bits per heavy atom. The van der Waals surface area contributed by atoms with E-state index >= 15 is 0 Å². The molecule has 1 amide bonds.